The number of hydrogen-bond donors (Lipinski definition) is 3. The summed E-state index contributed by atoms with van der Waals surface area (Å²) in [6, 6.07) is 9.77. The Bertz CT molecular complexity index is 925. The van der Waals surface area contributed by atoms with Crippen LogP contribution in [0.2, 0.25) is 0 Å². The molecule has 0 spiro atoms. The van der Waals surface area contributed by atoms with Crippen LogP contribution in [-0.2, 0) is 10.0 Å². The molecule has 0 aromatic heterocycles. The number of amides is 2. The van der Waals surface area contributed by atoms with E-state index in [1.54, 1.807) is 0 Å². The maximum atomic E-state index is 13.0. The predicted octanol–water partition coefficient (Wildman–Crippen LogP) is 3.11. The standard InChI is InChI=1S/C18H20N2O6S/c1-2-3-12-20(18(24)19-13-8-10-14(21)11-9-13)27(25,26)16-7-5-4-6-15(16)17(22)23/h4-11,21H,2-3,12H2,1H3,(H,19,24)(H,22,23). The lowest BCUT2D eigenvalue weighted by molar-refractivity contribution is 0.0692. The molecule has 2 amide bonds. The monoisotopic (exact) mass is 392 g/mol. The van der Waals surface area contributed by atoms with Crippen molar-refractivity contribution < 1.29 is 28.2 Å². The average molecular weight is 392 g/mol. The zero-order chi connectivity index (χ0) is 20.0. The molecule has 0 aliphatic heterocycles. The Morgan fingerprint density at radius 3 is 2.30 bits per heavy atom. The third kappa shape index (κ3) is 4.76. The summed E-state index contributed by atoms with van der Waals surface area (Å²) in [5.41, 5.74) is -0.113. The summed E-state index contributed by atoms with van der Waals surface area (Å²) in [4.78, 5) is 23.6. The van der Waals surface area contributed by atoms with Gasteiger partial charge in [-0.3, -0.25) is 0 Å². The predicted molar refractivity (Wildman–Crippen MR) is 99.3 cm³/mol. The van der Waals surface area contributed by atoms with Gasteiger partial charge in [0.25, 0.3) is 10.0 Å². The molecule has 0 aliphatic carbocycles. The van der Waals surface area contributed by atoms with Crippen LogP contribution in [0.25, 0.3) is 0 Å². The highest BCUT2D eigenvalue weighted by Gasteiger charge is 2.32. The van der Waals surface area contributed by atoms with E-state index in [0.29, 0.717) is 22.8 Å². The normalized spacial score (nSPS) is 11.0. The van der Waals surface area contributed by atoms with E-state index >= 15 is 0 Å². The Kier molecular flexibility index (Phi) is 6.40. The third-order valence-electron chi connectivity index (χ3n) is 3.75. The number of nitrogens with zero attached hydrogens (tertiary/aromatic N) is 1. The van der Waals surface area contributed by atoms with Crippen LogP contribution >= 0.6 is 0 Å². The number of benzene rings is 2. The molecule has 3 N–H and O–H groups in total. The minimum absolute atomic E-state index is 0.00107. The van der Waals surface area contributed by atoms with Crippen LogP contribution < -0.4 is 5.32 Å². The minimum atomic E-state index is -4.39. The minimum Gasteiger partial charge on any atom is -0.508 e. The summed E-state index contributed by atoms with van der Waals surface area (Å²) in [6.45, 7) is 1.74. The first-order valence-electron chi connectivity index (χ1n) is 8.22. The molecule has 144 valence electrons. The van der Waals surface area contributed by atoms with E-state index in [2.05, 4.69) is 5.32 Å². The molecule has 0 saturated heterocycles. The van der Waals surface area contributed by atoms with Crippen molar-refractivity contribution in [2.75, 3.05) is 11.9 Å². The molecular formula is C18H20N2O6S. The second-order valence-corrected chi connectivity index (χ2v) is 7.54. The first-order valence-corrected chi connectivity index (χ1v) is 9.66. The molecule has 27 heavy (non-hydrogen) atoms. The number of aromatic hydroxyl groups is 1. The summed E-state index contributed by atoms with van der Waals surface area (Å²) >= 11 is 0. The first-order chi connectivity index (χ1) is 12.8. The Hall–Kier alpha value is -3.07. The molecule has 2 aromatic rings. The molecule has 0 saturated carbocycles. The van der Waals surface area contributed by atoms with Crippen molar-refractivity contribution in [2.24, 2.45) is 0 Å². The lowest BCUT2D eigenvalue weighted by atomic mass is 10.2. The van der Waals surface area contributed by atoms with Crippen molar-refractivity contribution >= 4 is 27.7 Å². The molecule has 8 nitrogen and oxygen atoms in total. The number of nitrogens with one attached hydrogen (secondary N) is 1. The number of sulfonamides is 1. The maximum Gasteiger partial charge on any atom is 0.337 e. The van der Waals surface area contributed by atoms with Crippen LogP contribution in [0.1, 0.15) is 30.1 Å². The van der Waals surface area contributed by atoms with Gasteiger partial charge in [0.2, 0.25) is 0 Å². The lowest BCUT2D eigenvalue weighted by Gasteiger charge is -2.23. The number of carbonyl (C=O) groups excluding carboxylic acids is 1. The SMILES string of the molecule is CCCCN(C(=O)Nc1ccc(O)cc1)S(=O)(=O)c1ccccc1C(=O)O. The van der Waals surface area contributed by atoms with Crippen LogP contribution in [0.4, 0.5) is 10.5 Å². The van der Waals surface area contributed by atoms with Crippen LogP contribution in [-0.4, -0.2) is 41.5 Å². The number of phenolic OH excluding ortho intramolecular Hbond substituents is 1. The molecule has 0 radical (unpaired) electrons. The third-order valence-corrected chi connectivity index (χ3v) is 5.59. The van der Waals surface area contributed by atoms with Crippen LogP contribution in [0, 0.1) is 0 Å². The van der Waals surface area contributed by atoms with Gasteiger partial charge in [0.05, 0.1) is 5.56 Å². The Morgan fingerprint density at radius 1 is 1.07 bits per heavy atom. The van der Waals surface area contributed by atoms with Gasteiger partial charge in [-0.25, -0.2) is 22.3 Å². The number of urea groups is 1. The number of aromatic carboxylic acids is 1. The fourth-order valence-corrected chi connectivity index (χ4v) is 3.90. The number of hydrogen-bond acceptors (Lipinski definition) is 5. The summed E-state index contributed by atoms with van der Waals surface area (Å²) in [5, 5.41) is 21.0. The number of rotatable bonds is 7. The zero-order valence-corrected chi connectivity index (χ0v) is 15.4. The fourth-order valence-electron chi connectivity index (χ4n) is 2.35. The van der Waals surface area contributed by atoms with Gasteiger partial charge in [-0.05, 0) is 42.8 Å². The topological polar surface area (TPSA) is 124 Å². The fraction of sp³-hybridized carbons (Fsp3) is 0.222. The van der Waals surface area contributed by atoms with Crippen molar-refractivity contribution in [3.05, 3.63) is 54.1 Å². The lowest BCUT2D eigenvalue weighted by Crippen LogP contribution is -2.41. The van der Waals surface area contributed by atoms with E-state index < -0.39 is 32.5 Å². The Balaban J connectivity index is 2.41. The van der Waals surface area contributed by atoms with Gasteiger partial charge in [-0.15, -0.1) is 0 Å². The largest absolute Gasteiger partial charge is 0.508 e. The van der Waals surface area contributed by atoms with E-state index in [-0.39, 0.29) is 12.3 Å². The summed E-state index contributed by atoms with van der Waals surface area (Å²) < 4.78 is 26.7. The molecule has 0 unspecified atom stereocenters. The number of phenols is 1. The van der Waals surface area contributed by atoms with Crippen molar-refractivity contribution in [3.8, 4) is 5.75 Å². The van der Waals surface area contributed by atoms with Gasteiger partial charge >= 0.3 is 12.0 Å². The highest BCUT2D eigenvalue weighted by Crippen LogP contribution is 2.22. The van der Waals surface area contributed by atoms with Gasteiger partial charge in [-0.1, -0.05) is 25.5 Å². The summed E-state index contributed by atoms with van der Waals surface area (Å²) in [7, 11) is -4.39. The quantitative estimate of drug-likeness (QED) is 0.622. The Labute approximate surface area is 157 Å². The van der Waals surface area contributed by atoms with Gasteiger partial charge in [0.1, 0.15) is 10.6 Å². The number of carboxylic acid groups (broad SMARTS) is 1. The van der Waals surface area contributed by atoms with Gasteiger partial charge in [-0.2, -0.15) is 0 Å². The highest BCUT2D eigenvalue weighted by atomic mass is 32.2. The zero-order valence-electron chi connectivity index (χ0n) is 14.6. The maximum absolute atomic E-state index is 13.0. The number of unbranched alkanes of at least 4 members (excludes halogenated alkanes) is 1. The average Bonchev–Trinajstić information content (AvgIpc) is 2.63. The number of carboxylic acids is 1. The smallest absolute Gasteiger partial charge is 0.337 e. The van der Waals surface area contributed by atoms with Crippen LogP contribution in [0.3, 0.4) is 0 Å². The molecule has 0 fully saturated rings. The van der Waals surface area contributed by atoms with Crippen molar-refractivity contribution in [2.45, 2.75) is 24.7 Å². The summed E-state index contributed by atoms with van der Waals surface area (Å²) in [6.07, 6.45) is 1.05. The molecule has 2 rings (SSSR count). The molecule has 0 bridgehead atoms. The highest BCUT2D eigenvalue weighted by molar-refractivity contribution is 7.89. The molecular weight excluding hydrogens is 372 g/mol. The molecule has 9 heteroatoms. The van der Waals surface area contributed by atoms with Gasteiger partial charge < -0.3 is 15.5 Å². The summed E-state index contributed by atoms with van der Waals surface area (Å²) in [5.74, 6) is -1.40. The molecule has 0 heterocycles. The van der Waals surface area contributed by atoms with Crippen molar-refractivity contribution in [3.63, 3.8) is 0 Å². The molecule has 0 aliphatic rings. The van der Waals surface area contributed by atoms with Gasteiger partial charge in [0.15, 0.2) is 0 Å². The van der Waals surface area contributed by atoms with Crippen molar-refractivity contribution in [1.82, 2.24) is 4.31 Å². The second-order valence-electron chi connectivity index (χ2n) is 5.71. The van der Waals surface area contributed by atoms with E-state index in [1.807, 2.05) is 6.92 Å². The van der Waals surface area contributed by atoms with Gasteiger partial charge in [0, 0.05) is 12.2 Å². The van der Waals surface area contributed by atoms with Crippen molar-refractivity contribution in [1.29, 1.82) is 0 Å². The molecule has 0 atom stereocenters. The van der Waals surface area contributed by atoms with E-state index in [4.69, 9.17) is 0 Å². The van der Waals surface area contributed by atoms with E-state index in [1.165, 1.54) is 42.5 Å². The van der Waals surface area contributed by atoms with Crippen LogP contribution in [0.15, 0.2) is 53.4 Å². The number of anilines is 1. The Morgan fingerprint density at radius 2 is 1.70 bits per heavy atom. The molecule has 2 aromatic carbocycles. The second kappa shape index (κ2) is 8.54. The van der Waals surface area contributed by atoms with Crippen LogP contribution in [0.5, 0.6) is 5.75 Å². The number of carbonyl (C=O) groups is 2. The van der Waals surface area contributed by atoms with E-state index in [9.17, 15) is 28.2 Å². The van der Waals surface area contributed by atoms with E-state index in [0.717, 1.165) is 6.07 Å². The first kappa shape index (κ1) is 20.2.